The Bertz CT molecular complexity index is 1140. The number of aryl methyl sites for hydroxylation is 2. The minimum absolute atomic E-state index is 0.0374. The van der Waals surface area contributed by atoms with Crippen LogP contribution in [0.15, 0.2) is 30.3 Å². The minimum Gasteiger partial charge on any atom is -0.496 e. The van der Waals surface area contributed by atoms with Crippen LogP contribution in [0.25, 0.3) is 10.9 Å². The monoisotopic (exact) mass is 344 g/mol. The van der Waals surface area contributed by atoms with E-state index in [9.17, 15) is 10.1 Å². The predicted molar refractivity (Wildman–Crippen MR) is 101 cm³/mol. The van der Waals surface area contributed by atoms with Gasteiger partial charge in [0, 0.05) is 29.1 Å². The molecule has 1 aliphatic rings. The molecule has 2 aromatic carbocycles. The largest absolute Gasteiger partial charge is 0.496 e. The van der Waals surface area contributed by atoms with Gasteiger partial charge in [-0.2, -0.15) is 5.26 Å². The van der Waals surface area contributed by atoms with Gasteiger partial charge in [-0.15, -0.1) is 0 Å². The van der Waals surface area contributed by atoms with E-state index in [1.165, 1.54) is 0 Å². The first kappa shape index (κ1) is 16.4. The van der Waals surface area contributed by atoms with Crippen LogP contribution in [0, 0.1) is 18.3 Å². The predicted octanol–water partition coefficient (Wildman–Crippen LogP) is 4.24. The Morgan fingerprint density at radius 2 is 1.92 bits per heavy atom. The zero-order chi connectivity index (χ0) is 18.8. The molecule has 3 aromatic rings. The van der Waals surface area contributed by atoms with E-state index in [1.807, 2.05) is 38.2 Å². The highest BCUT2D eigenvalue weighted by molar-refractivity contribution is 6.20. The summed E-state index contributed by atoms with van der Waals surface area (Å²) in [5, 5.41) is 10.1. The van der Waals surface area contributed by atoms with Crippen molar-refractivity contribution in [3.63, 3.8) is 0 Å². The van der Waals surface area contributed by atoms with Crippen molar-refractivity contribution in [2.75, 3.05) is 7.11 Å². The molecule has 4 nitrogen and oxygen atoms in total. The smallest absolute Gasteiger partial charge is 0.195 e. The highest BCUT2D eigenvalue weighted by Gasteiger charge is 2.41. The van der Waals surface area contributed by atoms with Crippen molar-refractivity contribution >= 4 is 16.7 Å². The minimum atomic E-state index is -0.361. The van der Waals surface area contributed by atoms with Gasteiger partial charge in [0.2, 0.25) is 0 Å². The molecule has 0 saturated carbocycles. The van der Waals surface area contributed by atoms with Crippen LogP contribution in [0.1, 0.15) is 52.2 Å². The summed E-state index contributed by atoms with van der Waals surface area (Å²) in [5.74, 6) is 0.828. The van der Waals surface area contributed by atoms with E-state index < -0.39 is 0 Å². The van der Waals surface area contributed by atoms with Crippen molar-refractivity contribution in [3.8, 4) is 11.8 Å². The molecule has 1 aliphatic carbocycles. The quantitative estimate of drug-likeness (QED) is 0.663. The number of nitriles is 1. The zero-order valence-electron chi connectivity index (χ0n) is 15.6. The fourth-order valence-electron chi connectivity index (χ4n) is 4.34. The number of methoxy groups -OCH3 is 1. The Morgan fingerprint density at radius 1 is 1.19 bits per heavy atom. The van der Waals surface area contributed by atoms with Crippen LogP contribution >= 0.6 is 0 Å². The summed E-state index contributed by atoms with van der Waals surface area (Å²) in [7, 11) is 3.62. The van der Waals surface area contributed by atoms with Crippen LogP contribution in [0.3, 0.4) is 0 Å². The molecule has 0 saturated heterocycles. The van der Waals surface area contributed by atoms with Gasteiger partial charge in [-0.05, 0) is 42.3 Å². The maximum Gasteiger partial charge on any atom is 0.195 e. The lowest BCUT2D eigenvalue weighted by molar-refractivity contribution is 0.103. The molecule has 0 aliphatic heterocycles. The molecule has 0 unspecified atom stereocenters. The SMILES string of the molecule is COc1cc2c(cc1C)C(=O)c1c(n(C)c3cc(C#N)ccc13)C2(C)C. The molecule has 0 bridgehead atoms. The number of carbonyl (C=O) groups is 1. The number of nitrogens with zero attached hydrogens (tertiary/aromatic N) is 2. The fourth-order valence-corrected chi connectivity index (χ4v) is 4.34. The van der Waals surface area contributed by atoms with Gasteiger partial charge in [-0.1, -0.05) is 19.9 Å². The lowest BCUT2D eigenvalue weighted by Gasteiger charge is -2.34. The number of ether oxygens (including phenoxy) is 1. The Balaban J connectivity index is 2.12. The van der Waals surface area contributed by atoms with Crippen LogP contribution in [-0.4, -0.2) is 17.5 Å². The third-order valence-electron chi connectivity index (χ3n) is 5.60. The summed E-state index contributed by atoms with van der Waals surface area (Å²) < 4.78 is 7.55. The number of benzene rings is 2. The Kier molecular flexibility index (Phi) is 3.29. The molecule has 4 heteroatoms. The van der Waals surface area contributed by atoms with Gasteiger partial charge < -0.3 is 9.30 Å². The third kappa shape index (κ3) is 1.91. The Hall–Kier alpha value is -3.06. The number of hydrogen-bond donors (Lipinski definition) is 0. The second-order valence-corrected chi connectivity index (χ2v) is 7.45. The summed E-state index contributed by atoms with van der Waals surface area (Å²) in [6.07, 6.45) is 0. The molecule has 0 atom stereocenters. The van der Waals surface area contributed by atoms with Crippen LogP contribution in [0.4, 0.5) is 0 Å². The van der Waals surface area contributed by atoms with Crippen LogP contribution in [-0.2, 0) is 12.5 Å². The summed E-state index contributed by atoms with van der Waals surface area (Å²) >= 11 is 0. The van der Waals surface area contributed by atoms with Crippen molar-refractivity contribution in [1.82, 2.24) is 4.57 Å². The first-order valence-electron chi connectivity index (χ1n) is 8.58. The lowest BCUT2D eigenvalue weighted by atomic mass is 9.70. The van der Waals surface area contributed by atoms with E-state index >= 15 is 0 Å². The normalized spacial score (nSPS) is 14.7. The van der Waals surface area contributed by atoms with Crippen molar-refractivity contribution in [2.24, 2.45) is 7.05 Å². The van der Waals surface area contributed by atoms with Gasteiger partial charge in [-0.25, -0.2) is 0 Å². The topological polar surface area (TPSA) is 55.0 Å². The van der Waals surface area contributed by atoms with E-state index in [-0.39, 0.29) is 11.2 Å². The molecule has 0 spiro atoms. The molecule has 26 heavy (non-hydrogen) atoms. The zero-order valence-corrected chi connectivity index (χ0v) is 15.6. The van der Waals surface area contributed by atoms with Gasteiger partial charge >= 0.3 is 0 Å². The van der Waals surface area contributed by atoms with E-state index in [2.05, 4.69) is 24.5 Å². The van der Waals surface area contributed by atoms with E-state index in [0.717, 1.165) is 44.6 Å². The third-order valence-corrected chi connectivity index (χ3v) is 5.60. The fraction of sp³-hybridized carbons (Fsp3) is 0.273. The van der Waals surface area contributed by atoms with Crippen molar-refractivity contribution in [3.05, 3.63) is 63.8 Å². The van der Waals surface area contributed by atoms with E-state index in [1.54, 1.807) is 13.2 Å². The van der Waals surface area contributed by atoms with Gasteiger partial charge in [-0.3, -0.25) is 4.79 Å². The standard InChI is InChI=1S/C22H20N2O2/c1-12-8-15-16(10-18(12)26-5)22(2,3)21-19(20(15)25)14-7-6-13(11-23)9-17(14)24(21)4/h6-10H,1-5H3. The second-order valence-electron chi connectivity index (χ2n) is 7.45. The molecule has 1 aromatic heterocycles. The molecule has 0 radical (unpaired) electrons. The first-order chi connectivity index (χ1) is 12.3. The van der Waals surface area contributed by atoms with Gasteiger partial charge in [0.25, 0.3) is 0 Å². The number of hydrogen-bond acceptors (Lipinski definition) is 3. The van der Waals surface area contributed by atoms with Crippen LogP contribution < -0.4 is 4.74 Å². The number of carbonyl (C=O) groups excluding carboxylic acids is 1. The average molecular weight is 344 g/mol. The molecule has 0 N–H and O–H groups in total. The number of aromatic nitrogens is 1. The van der Waals surface area contributed by atoms with Gasteiger partial charge in [0.05, 0.1) is 29.8 Å². The highest BCUT2D eigenvalue weighted by Crippen LogP contribution is 2.46. The van der Waals surface area contributed by atoms with Crippen molar-refractivity contribution in [1.29, 1.82) is 5.26 Å². The number of ketones is 1. The molecule has 0 fully saturated rings. The first-order valence-corrected chi connectivity index (χ1v) is 8.58. The molecule has 1 heterocycles. The maximum absolute atomic E-state index is 13.4. The lowest BCUT2D eigenvalue weighted by Crippen LogP contribution is -2.32. The maximum atomic E-state index is 13.4. The van der Waals surface area contributed by atoms with Crippen LogP contribution in [0.5, 0.6) is 5.75 Å². The van der Waals surface area contributed by atoms with Gasteiger partial charge in [0.1, 0.15) is 5.75 Å². The Labute approximate surface area is 152 Å². The van der Waals surface area contributed by atoms with E-state index in [4.69, 9.17) is 4.74 Å². The van der Waals surface area contributed by atoms with Crippen molar-refractivity contribution < 1.29 is 9.53 Å². The summed E-state index contributed by atoms with van der Waals surface area (Å²) in [6, 6.07) is 11.6. The number of fused-ring (bicyclic) bond motifs is 4. The molecule has 0 amide bonds. The van der Waals surface area contributed by atoms with Gasteiger partial charge in [0.15, 0.2) is 5.78 Å². The highest BCUT2D eigenvalue weighted by atomic mass is 16.5. The molecular formula is C22H20N2O2. The van der Waals surface area contributed by atoms with Crippen molar-refractivity contribution in [2.45, 2.75) is 26.2 Å². The molecule has 130 valence electrons. The average Bonchev–Trinajstić information content (AvgIpc) is 2.92. The Morgan fingerprint density at radius 3 is 2.58 bits per heavy atom. The summed E-state index contributed by atoms with van der Waals surface area (Å²) in [5.41, 5.74) is 5.52. The molecular weight excluding hydrogens is 324 g/mol. The van der Waals surface area contributed by atoms with E-state index in [0.29, 0.717) is 5.56 Å². The second kappa shape index (κ2) is 5.22. The summed E-state index contributed by atoms with van der Waals surface area (Å²) in [6.45, 7) is 6.23. The van der Waals surface area contributed by atoms with Crippen LogP contribution in [0.2, 0.25) is 0 Å². The molecule has 4 rings (SSSR count). The number of rotatable bonds is 1. The summed E-state index contributed by atoms with van der Waals surface area (Å²) in [4.78, 5) is 13.4.